The Bertz CT molecular complexity index is 1060. The van der Waals surface area contributed by atoms with E-state index in [9.17, 15) is 22.6 Å². The molecule has 1 aromatic carbocycles. The molecule has 0 bridgehead atoms. The Morgan fingerprint density at radius 2 is 1.86 bits per heavy atom. The Labute approximate surface area is 205 Å². The van der Waals surface area contributed by atoms with E-state index < -0.39 is 33.7 Å². The summed E-state index contributed by atoms with van der Waals surface area (Å²) in [5.74, 6) is -2.19. The second-order valence-electron chi connectivity index (χ2n) is 7.80. The molecule has 0 aliphatic heterocycles. The van der Waals surface area contributed by atoms with Gasteiger partial charge in [0, 0.05) is 43.8 Å². The maximum atomic E-state index is 12.6. The topological polar surface area (TPSA) is 174 Å². The molecule has 0 aliphatic carbocycles. The van der Waals surface area contributed by atoms with Gasteiger partial charge in [0.05, 0.1) is 26.4 Å². The van der Waals surface area contributed by atoms with Gasteiger partial charge in [-0.2, -0.15) is 8.42 Å². The average molecular weight is 514 g/mol. The van der Waals surface area contributed by atoms with Gasteiger partial charge in [-0.1, -0.05) is 18.2 Å². The van der Waals surface area contributed by atoms with Gasteiger partial charge < -0.3 is 35.7 Å². The van der Waals surface area contributed by atoms with Crippen LogP contribution in [0.2, 0.25) is 0 Å². The molecule has 35 heavy (non-hydrogen) atoms. The molecule has 1 atom stereocenters. The molecule has 13 heteroatoms. The zero-order valence-corrected chi connectivity index (χ0v) is 20.7. The third-order valence-corrected chi connectivity index (χ3v) is 5.78. The summed E-state index contributed by atoms with van der Waals surface area (Å²) < 4.78 is 44.5. The van der Waals surface area contributed by atoms with Crippen molar-refractivity contribution in [2.75, 3.05) is 52.3 Å². The molecule has 2 amide bonds. The fourth-order valence-corrected chi connectivity index (χ4v) is 4.16. The first-order valence-corrected chi connectivity index (χ1v) is 13.0. The van der Waals surface area contributed by atoms with Crippen LogP contribution >= 0.6 is 0 Å². The highest BCUT2D eigenvalue weighted by Gasteiger charge is 2.26. The molecule has 0 spiro atoms. The maximum Gasteiger partial charge on any atom is 0.267 e. The van der Waals surface area contributed by atoms with E-state index in [1.54, 1.807) is 0 Å². The van der Waals surface area contributed by atoms with Gasteiger partial charge in [0.25, 0.3) is 10.1 Å². The number of amides is 2. The van der Waals surface area contributed by atoms with Crippen molar-refractivity contribution < 1.29 is 32.0 Å². The van der Waals surface area contributed by atoms with E-state index >= 15 is 0 Å². The SMILES string of the molecule is CNCc1cc2ccccc2n1CCC(=O)NC(CS(=O)(=O)O)C(=O)NCCOCCOCCN. The predicted molar refractivity (Wildman–Crippen MR) is 131 cm³/mol. The first-order valence-electron chi connectivity index (χ1n) is 11.3. The van der Waals surface area contributed by atoms with E-state index in [-0.39, 0.29) is 19.6 Å². The number of aryl methyl sites for hydroxylation is 1. The van der Waals surface area contributed by atoms with Crippen LogP contribution in [-0.2, 0) is 42.3 Å². The van der Waals surface area contributed by atoms with Crippen LogP contribution in [0.5, 0.6) is 0 Å². The fraction of sp³-hybridized carbons (Fsp3) is 0.545. The van der Waals surface area contributed by atoms with Gasteiger partial charge in [0.15, 0.2) is 0 Å². The molecule has 1 unspecified atom stereocenters. The van der Waals surface area contributed by atoms with Crippen molar-refractivity contribution in [2.45, 2.75) is 25.6 Å². The molecule has 1 aromatic heterocycles. The van der Waals surface area contributed by atoms with Crippen LogP contribution in [0.4, 0.5) is 0 Å². The molecular formula is C22H35N5O7S. The number of hydrogen-bond acceptors (Lipinski definition) is 8. The second kappa shape index (κ2) is 14.8. The van der Waals surface area contributed by atoms with Crippen LogP contribution in [0.3, 0.4) is 0 Å². The van der Waals surface area contributed by atoms with Gasteiger partial charge in [-0.15, -0.1) is 0 Å². The summed E-state index contributed by atoms with van der Waals surface area (Å²) in [5, 5.41) is 9.06. The number of ether oxygens (including phenoxy) is 2. The van der Waals surface area contributed by atoms with Crippen molar-refractivity contribution in [1.82, 2.24) is 20.5 Å². The van der Waals surface area contributed by atoms with E-state index in [2.05, 4.69) is 16.0 Å². The molecule has 0 saturated heterocycles. The van der Waals surface area contributed by atoms with Crippen LogP contribution < -0.4 is 21.7 Å². The first-order chi connectivity index (χ1) is 16.7. The third-order valence-electron chi connectivity index (χ3n) is 5.03. The van der Waals surface area contributed by atoms with Crippen LogP contribution in [0.25, 0.3) is 10.9 Å². The molecule has 12 nitrogen and oxygen atoms in total. The predicted octanol–water partition coefficient (Wildman–Crippen LogP) is -0.768. The van der Waals surface area contributed by atoms with Crippen molar-refractivity contribution in [3.8, 4) is 0 Å². The maximum absolute atomic E-state index is 12.6. The highest BCUT2D eigenvalue weighted by molar-refractivity contribution is 7.85. The zero-order valence-electron chi connectivity index (χ0n) is 19.9. The lowest BCUT2D eigenvalue weighted by molar-refractivity contribution is -0.128. The quantitative estimate of drug-likeness (QED) is 0.134. The van der Waals surface area contributed by atoms with Gasteiger partial charge >= 0.3 is 0 Å². The Hall–Kier alpha value is -2.55. The van der Waals surface area contributed by atoms with Gasteiger partial charge in [-0.05, 0) is 24.6 Å². The largest absolute Gasteiger partial charge is 0.378 e. The minimum Gasteiger partial charge on any atom is -0.378 e. The summed E-state index contributed by atoms with van der Waals surface area (Å²) in [6, 6.07) is 8.36. The average Bonchev–Trinajstić information content (AvgIpc) is 3.15. The molecule has 2 rings (SSSR count). The van der Waals surface area contributed by atoms with Gasteiger partial charge in [-0.25, -0.2) is 0 Å². The minimum atomic E-state index is -4.51. The molecule has 0 fully saturated rings. The zero-order chi connectivity index (χ0) is 25.7. The summed E-state index contributed by atoms with van der Waals surface area (Å²) in [6.45, 7) is 2.70. The Balaban J connectivity index is 1.91. The van der Waals surface area contributed by atoms with Crippen LogP contribution in [0, 0.1) is 0 Å². The number of carbonyl (C=O) groups is 2. The standard InChI is InChI=1S/C22H35N5O7S/c1-24-15-18-14-17-4-2-3-5-20(17)27(18)9-6-21(28)26-19(16-35(30,31)32)22(29)25-8-11-34-13-12-33-10-7-23/h2-5,14,19,24H,6-13,15-16,23H2,1H3,(H,25,29)(H,26,28)(H,30,31,32). The molecule has 0 aliphatic rings. The van der Waals surface area contributed by atoms with Crippen molar-refractivity contribution in [3.63, 3.8) is 0 Å². The van der Waals surface area contributed by atoms with E-state index in [0.717, 1.165) is 16.6 Å². The smallest absolute Gasteiger partial charge is 0.267 e. The monoisotopic (exact) mass is 513 g/mol. The van der Waals surface area contributed by atoms with E-state index in [1.165, 1.54) is 0 Å². The molecule has 196 valence electrons. The number of rotatable bonds is 17. The molecule has 0 radical (unpaired) electrons. The molecular weight excluding hydrogens is 478 g/mol. The first kappa shape index (κ1) is 28.7. The summed E-state index contributed by atoms with van der Waals surface area (Å²) in [5.41, 5.74) is 7.26. The summed E-state index contributed by atoms with van der Waals surface area (Å²) in [4.78, 5) is 25.1. The number of nitrogens with one attached hydrogen (secondary N) is 3. The number of hydrogen-bond donors (Lipinski definition) is 5. The number of aromatic nitrogens is 1. The molecule has 0 saturated carbocycles. The van der Waals surface area contributed by atoms with Crippen LogP contribution in [-0.4, -0.2) is 87.7 Å². The van der Waals surface area contributed by atoms with Gasteiger partial charge in [-0.3, -0.25) is 14.1 Å². The lowest BCUT2D eigenvalue weighted by Gasteiger charge is -2.18. The third kappa shape index (κ3) is 10.3. The molecule has 6 N–H and O–H groups in total. The van der Waals surface area contributed by atoms with E-state index in [1.807, 2.05) is 41.9 Å². The highest BCUT2D eigenvalue weighted by atomic mass is 32.2. The summed E-state index contributed by atoms with van der Waals surface area (Å²) >= 11 is 0. The Kier molecular flexibility index (Phi) is 12.1. The number of fused-ring (bicyclic) bond motifs is 1. The van der Waals surface area contributed by atoms with E-state index in [4.69, 9.17) is 15.2 Å². The molecule has 1 heterocycles. The second-order valence-corrected chi connectivity index (χ2v) is 9.30. The normalized spacial score (nSPS) is 12.5. The molecule has 2 aromatic rings. The van der Waals surface area contributed by atoms with E-state index in [0.29, 0.717) is 39.5 Å². The van der Waals surface area contributed by atoms with Crippen molar-refractivity contribution >= 4 is 32.8 Å². The van der Waals surface area contributed by atoms with Crippen LogP contribution in [0.15, 0.2) is 30.3 Å². The highest BCUT2D eigenvalue weighted by Crippen LogP contribution is 2.20. The number of nitrogens with zero attached hydrogens (tertiary/aromatic N) is 1. The minimum absolute atomic E-state index is 0.0105. The summed E-state index contributed by atoms with van der Waals surface area (Å²) in [6.07, 6.45) is 0.0105. The Morgan fingerprint density at radius 1 is 1.14 bits per heavy atom. The van der Waals surface area contributed by atoms with Crippen molar-refractivity contribution in [1.29, 1.82) is 0 Å². The van der Waals surface area contributed by atoms with Crippen molar-refractivity contribution in [2.24, 2.45) is 5.73 Å². The fourth-order valence-electron chi connectivity index (χ4n) is 3.51. The Morgan fingerprint density at radius 3 is 2.54 bits per heavy atom. The number of benzene rings is 1. The lowest BCUT2D eigenvalue weighted by atomic mass is 10.2. The van der Waals surface area contributed by atoms with Crippen LogP contribution in [0.1, 0.15) is 12.1 Å². The van der Waals surface area contributed by atoms with Crippen molar-refractivity contribution in [3.05, 3.63) is 36.0 Å². The number of nitrogens with two attached hydrogens (primary N) is 1. The van der Waals surface area contributed by atoms with Gasteiger partial charge in [0.1, 0.15) is 11.8 Å². The lowest BCUT2D eigenvalue weighted by Crippen LogP contribution is -2.51. The number of para-hydroxylation sites is 1. The summed E-state index contributed by atoms with van der Waals surface area (Å²) in [7, 11) is -2.68. The van der Waals surface area contributed by atoms with Gasteiger partial charge in [0.2, 0.25) is 11.8 Å². The number of carbonyl (C=O) groups excluding carboxylic acids is 2.